The van der Waals surface area contributed by atoms with Gasteiger partial charge in [0.05, 0.1) is 24.2 Å². The van der Waals surface area contributed by atoms with Crippen LogP contribution in [0, 0.1) is 0 Å². The fourth-order valence-electron chi connectivity index (χ4n) is 3.63. The van der Waals surface area contributed by atoms with Gasteiger partial charge < -0.3 is 14.8 Å². The van der Waals surface area contributed by atoms with Crippen LogP contribution >= 0.6 is 0 Å². The number of sulfonamides is 1. The number of likely N-dealkylation sites (N-methyl/N-ethyl adjacent to an activating group) is 1. The molecule has 0 unspecified atom stereocenters. The summed E-state index contributed by atoms with van der Waals surface area (Å²) in [6.45, 7) is 0. The summed E-state index contributed by atoms with van der Waals surface area (Å²) in [5.74, 6) is 0.747. The molecule has 3 aromatic rings. The third-order valence-electron chi connectivity index (χ3n) is 5.13. The summed E-state index contributed by atoms with van der Waals surface area (Å²) in [5, 5.41) is 11.8. The number of methoxy groups -OCH3 is 1. The lowest BCUT2D eigenvalue weighted by molar-refractivity contribution is 0.0893. The van der Waals surface area contributed by atoms with Crippen LogP contribution in [0.2, 0.25) is 0 Å². The highest BCUT2D eigenvalue weighted by atomic mass is 32.2. The number of aliphatic hydroxyl groups is 1. The van der Waals surface area contributed by atoms with Crippen molar-refractivity contribution in [3.8, 4) is 5.75 Å². The molecule has 0 fully saturated rings. The van der Waals surface area contributed by atoms with Crippen LogP contribution in [0.4, 0.5) is 0 Å². The van der Waals surface area contributed by atoms with E-state index in [0.29, 0.717) is 12.0 Å². The van der Waals surface area contributed by atoms with Gasteiger partial charge in [0.15, 0.2) is 0 Å². The Labute approximate surface area is 152 Å². The van der Waals surface area contributed by atoms with E-state index in [1.807, 2.05) is 24.4 Å². The molecule has 6 nitrogen and oxygen atoms in total. The zero-order valence-electron chi connectivity index (χ0n) is 14.5. The number of benzene rings is 2. The first-order chi connectivity index (χ1) is 12.4. The number of hydrogen-bond acceptors (Lipinski definition) is 4. The molecule has 0 saturated carbocycles. The summed E-state index contributed by atoms with van der Waals surface area (Å²) in [4.78, 5) is 3.37. The maximum atomic E-state index is 12.8. The van der Waals surface area contributed by atoms with E-state index < -0.39 is 22.2 Å². The molecule has 0 spiro atoms. The minimum Gasteiger partial charge on any atom is -0.497 e. The van der Waals surface area contributed by atoms with Crippen molar-refractivity contribution in [1.29, 1.82) is 0 Å². The maximum Gasteiger partial charge on any atom is 0.243 e. The van der Waals surface area contributed by atoms with Gasteiger partial charge in [-0.05, 0) is 30.2 Å². The smallest absolute Gasteiger partial charge is 0.243 e. The van der Waals surface area contributed by atoms with E-state index in [-0.39, 0.29) is 4.90 Å². The SMILES string of the molecule is COc1ccc2c(C[C@@H]3[C@@H](O)c4ccccc4S(=O)(=O)N3C)c[nH]c2c1. The number of rotatable bonds is 3. The number of aliphatic hydroxyl groups excluding tert-OH is 1. The molecule has 4 rings (SSSR count). The lowest BCUT2D eigenvalue weighted by Crippen LogP contribution is -2.46. The minimum absolute atomic E-state index is 0.176. The fraction of sp³-hybridized carbons (Fsp3) is 0.263. The molecule has 26 heavy (non-hydrogen) atoms. The molecule has 0 radical (unpaired) electrons. The Kier molecular flexibility index (Phi) is 4.02. The topological polar surface area (TPSA) is 82.6 Å². The van der Waals surface area contributed by atoms with Crippen LogP contribution in [0.3, 0.4) is 0 Å². The summed E-state index contributed by atoms with van der Waals surface area (Å²) >= 11 is 0. The highest BCUT2D eigenvalue weighted by Gasteiger charge is 2.41. The molecular formula is C19H20N2O4S. The predicted molar refractivity (Wildman–Crippen MR) is 98.7 cm³/mol. The average molecular weight is 372 g/mol. The zero-order valence-corrected chi connectivity index (χ0v) is 15.3. The van der Waals surface area contributed by atoms with Gasteiger partial charge in [-0.3, -0.25) is 0 Å². The van der Waals surface area contributed by atoms with E-state index in [1.54, 1.807) is 31.4 Å². The number of nitrogens with one attached hydrogen (secondary N) is 1. The Morgan fingerprint density at radius 3 is 2.77 bits per heavy atom. The molecule has 1 aromatic heterocycles. The van der Waals surface area contributed by atoms with E-state index >= 15 is 0 Å². The fourth-order valence-corrected chi connectivity index (χ4v) is 5.22. The van der Waals surface area contributed by atoms with Gasteiger partial charge in [-0.25, -0.2) is 8.42 Å². The normalized spacial score (nSPS) is 22.3. The van der Waals surface area contributed by atoms with Gasteiger partial charge in [0.25, 0.3) is 0 Å². The number of aromatic nitrogens is 1. The van der Waals surface area contributed by atoms with Gasteiger partial charge in [-0.1, -0.05) is 18.2 Å². The van der Waals surface area contributed by atoms with E-state index in [4.69, 9.17) is 4.74 Å². The van der Waals surface area contributed by atoms with Crippen LogP contribution in [0.1, 0.15) is 17.2 Å². The van der Waals surface area contributed by atoms with E-state index in [0.717, 1.165) is 22.2 Å². The standard InChI is InChI=1S/C19H20N2O4S/c1-21-17(19(22)15-5-3-4-6-18(15)26(21,23)24)9-12-11-20-16-10-13(25-2)7-8-14(12)16/h3-8,10-11,17,19-20,22H,9H2,1-2H3/t17-,19+/m1/s1. The Hall–Kier alpha value is -2.35. The Balaban J connectivity index is 1.75. The number of aromatic amines is 1. The Morgan fingerprint density at radius 1 is 1.23 bits per heavy atom. The van der Waals surface area contributed by atoms with Crippen LogP contribution in [0.25, 0.3) is 10.9 Å². The molecule has 0 aliphatic carbocycles. The quantitative estimate of drug-likeness (QED) is 0.740. The van der Waals surface area contributed by atoms with Gasteiger partial charge >= 0.3 is 0 Å². The summed E-state index contributed by atoms with van der Waals surface area (Å²) in [6, 6.07) is 11.8. The molecule has 0 saturated heterocycles. The predicted octanol–water partition coefficient (Wildman–Crippen LogP) is 2.46. The van der Waals surface area contributed by atoms with E-state index in [1.165, 1.54) is 11.4 Å². The third-order valence-corrected chi connectivity index (χ3v) is 7.09. The molecule has 1 aliphatic heterocycles. The lowest BCUT2D eigenvalue weighted by Gasteiger charge is -2.37. The molecule has 2 N–H and O–H groups in total. The first-order valence-corrected chi connectivity index (χ1v) is 9.76. The van der Waals surface area contributed by atoms with Gasteiger partial charge in [0.2, 0.25) is 10.0 Å². The lowest BCUT2D eigenvalue weighted by atomic mass is 9.95. The molecular weight excluding hydrogens is 352 g/mol. The van der Waals surface area contributed by atoms with Crippen molar-refractivity contribution in [3.05, 3.63) is 59.8 Å². The molecule has 1 aliphatic rings. The van der Waals surface area contributed by atoms with Crippen molar-refractivity contribution >= 4 is 20.9 Å². The molecule has 0 bridgehead atoms. The summed E-state index contributed by atoms with van der Waals surface area (Å²) < 4.78 is 32.2. The molecule has 136 valence electrons. The number of hydrogen-bond donors (Lipinski definition) is 2. The van der Waals surface area contributed by atoms with Crippen LogP contribution in [0.5, 0.6) is 5.75 Å². The van der Waals surface area contributed by atoms with Crippen molar-refractivity contribution in [3.63, 3.8) is 0 Å². The molecule has 2 aromatic carbocycles. The molecule has 2 heterocycles. The van der Waals surface area contributed by atoms with Crippen molar-refractivity contribution in [2.45, 2.75) is 23.5 Å². The second-order valence-corrected chi connectivity index (χ2v) is 8.47. The first-order valence-electron chi connectivity index (χ1n) is 8.32. The summed E-state index contributed by atoms with van der Waals surface area (Å²) in [5.41, 5.74) is 2.32. The summed E-state index contributed by atoms with van der Waals surface area (Å²) in [7, 11) is -0.490. The van der Waals surface area contributed by atoms with Crippen LogP contribution in [-0.4, -0.2) is 43.0 Å². The molecule has 2 atom stereocenters. The first kappa shape index (κ1) is 17.1. The third kappa shape index (κ3) is 2.51. The molecule has 0 amide bonds. The highest BCUT2D eigenvalue weighted by molar-refractivity contribution is 7.89. The minimum atomic E-state index is -3.63. The number of fused-ring (bicyclic) bond motifs is 2. The largest absolute Gasteiger partial charge is 0.497 e. The number of ether oxygens (including phenoxy) is 1. The number of nitrogens with zero attached hydrogens (tertiary/aromatic N) is 1. The Morgan fingerprint density at radius 2 is 2.00 bits per heavy atom. The monoisotopic (exact) mass is 372 g/mol. The highest BCUT2D eigenvalue weighted by Crippen LogP contribution is 2.37. The van der Waals surface area contributed by atoms with Gasteiger partial charge in [0.1, 0.15) is 5.75 Å². The maximum absolute atomic E-state index is 12.8. The second-order valence-electron chi connectivity index (χ2n) is 6.50. The van der Waals surface area contributed by atoms with Crippen LogP contribution in [0.15, 0.2) is 53.6 Å². The zero-order chi connectivity index (χ0) is 18.5. The van der Waals surface area contributed by atoms with Crippen molar-refractivity contribution in [1.82, 2.24) is 9.29 Å². The average Bonchev–Trinajstić information content (AvgIpc) is 3.06. The second kappa shape index (κ2) is 6.12. The van der Waals surface area contributed by atoms with Gasteiger partial charge in [-0.2, -0.15) is 4.31 Å². The van der Waals surface area contributed by atoms with Crippen molar-refractivity contribution < 1.29 is 18.3 Å². The van der Waals surface area contributed by atoms with Crippen molar-refractivity contribution in [2.75, 3.05) is 14.2 Å². The summed E-state index contributed by atoms with van der Waals surface area (Å²) in [6.07, 6.45) is 1.37. The van der Waals surface area contributed by atoms with Crippen LogP contribution < -0.4 is 4.74 Å². The molecule has 7 heteroatoms. The van der Waals surface area contributed by atoms with Crippen LogP contribution in [-0.2, 0) is 16.4 Å². The van der Waals surface area contributed by atoms with Gasteiger partial charge in [-0.15, -0.1) is 0 Å². The Bertz CT molecular complexity index is 1070. The number of H-pyrrole nitrogens is 1. The van der Waals surface area contributed by atoms with E-state index in [9.17, 15) is 13.5 Å². The van der Waals surface area contributed by atoms with E-state index in [2.05, 4.69) is 4.98 Å². The van der Waals surface area contributed by atoms with Crippen molar-refractivity contribution in [2.24, 2.45) is 0 Å². The van der Waals surface area contributed by atoms with Gasteiger partial charge in [0, 0.05) is 35.8 Å².